The Kier molecular flexibility index (Phi) is 6.20. The van der Waals surface area contributed by atoms with Crippen LogP contribution in [-0.4, -0.2) is 5.97 Å². The standard InChI is InChI=1S/C20H24O2/c1-3-5-6-7-17-8-12-18(13-9-17)20(21)22-19-14-10-16(4-2)11-15-19/h8-15H,3-7H2,1-2H3. The van der Waals surface area contributed by atoms with Crippen molar-refractivity contribution in [1.29, 1.82) is 0 Å². The van der Waals surface area contributed by atoms with E-state index in [4.69, 9.17) is 4.74 Å². The van der Waals surface area contributed by atoms with Crippen molar-refractivity contribution in [3.8, 4) is 5.75 Å². The molecule has 2 nitrogen and oxygen atoms in total. The van der Waals surface area contributed by atoms with E-state index in [1.165, 1.54) is 30.4 Å². The van der Waals surface area contributed by atoms with E-state index in [2.05, 4.69) is 13.8 Å². The van der Waals surface area contributed by atoms with Crippen molar-refractivity contribution in [3.05, 3.63) is 65.2 Å². The van der Waals surface area contributed by atoms with Gasteiger partial charge in [-0.3, -0.25) is 0 Å². The van der Waals surface area contributed by atoms with Crippen LogP contribution in [0, 0.1) is 0 Å². The third kappa shape index (κ3) is 4.73. The molecule has 2 rings (SSSR count). The second-order valence-electron chi connectivity index (χ2n) is 5.54. The van der Waals surface area contributed by atoms with Crippen molar-refractivity contribution < 1.29 is 9.53 Å². The Balaban J connectivity index is 1.94. The van der Waals surface area contributed by atoms with Crippen LogP contribution in [0.1, 0.15) is 54.6 Å². The number of unbranched alkanes of at least 4 members (excludes halogenated alkanes) is 2. The topological polar surface area (TPSA) is 26.3 Å². The molecule has 2 aromatic rings. The van der Waals surface area contributed by atoms with Crippen LogP contribution in [0.2, 0.25) is 0 Å². The summed E-state index contributed by atoms with van der Waals surface area (Å²) in [5, 5.41) is 0. The Bertz CT molecular complexity index is 582. The summed E-state index contributed by atoms with van der Waals surface area (Å²) in [7, 11) is 0. The van der Waals surface area contributed by atoms with Crippen molar-refractivity contribution in [2.45, 2.75) is 46.0 Å². The molecule has 0 heterocycles. The van der Waals surface area contributed by atoms with E-state index in [0.29, 0.717) is 11.3 Å². The fraction of sp³-hybridized carbons (Fsp3) is 0.350. The lowest BCUT2D eigenvalue weighted by atomic mass is 10.1. The van der Waals surface area contributed by atoms with Crippen LogP contribution in [0.5, 0.6) is 5.75 Å². The molecule has 0 N–H and O–H groups in total. The van der Waals surface area contributed by atoms with Crippen LogP contribution in [0.15, 0.2) is 48.5 Å². The summed E-state index contributed by atoms with van der Waals surface area (Å²) in [4.78, 5) is 12.1. The van der Waals surface area contributed by atoms with Crippen LogP contribution < -0.4 is 4.74 Å². The van der Waals surface area contributed by atoms with Gasteiger partial charge >= 0.3 is 5.97 Å². The van der Waals surface area contributed by atoms with Gasteiger partial charge in [0.25, 0.3) is 0 Å². The average Bonchev–Trinajstić information content (AvgIpc) is 2.56. The monoisotopic (exact) mass is 296 g/mol. The molecule has 0 amide bonds. The van der Waals surface area contributed by atoms with Gasteiger partial charge in [-0.1, -0.05) is 51.0 Å². The second-order valence-corrected chi connectivity index (χ2v) is 5.54. The molecule has 2 heteroatoms. The predicted molar refractivity (Wildman–Crippen MR) is 90.4 cm³/mol. The van der Waals surface area contributed by atoms with Gasteiger partial charge in [0.05, 0.1) is 5.56 Å². The van der Waals surface area contributed by atoms with E-state index < -0.39 is 0 Å². The maximum atomic E-state index is 12.1. The molecule has 0 saturated carbocycles. The minimum Gasteiger partial charge on any atom is -0.423 e. The largest absolute Gasteiger partial charge is 0.423 e. The van der Waals surface area contributed by atoms with Crippen LogP contribution in [0.4, 0.5) is 0 Å². The molecule has 0 radical (unpaired) electrons. The first kappa shape index (κ1) is 16.3. The highest BCUT2D eigenvalue weighted by atomic mass is 16.5. The van der Waals surface area contributed by atoms with Crippen LogP contribution in [0.3, 0.4) is 0 Å². The highest BCUT2D eigenvalue weighted by Gasteiger charge is 2.08. The van der Waals surface area contributed by atoms with Gasteiger partial charge in [0.1, 0.15) is 5.75 Å². The first-order chi connectivity index (χ1) is 10.7. The summed E-state index contributed by atoms with van der Waals surface area (Å²) in [6.07, 6.45) is 5.72. The molecule has 0 aromatic heterocycles. The number of hydrogen-bond donors (Lipinski definition) is 0. The summed E-state index contributed by atoms with van der Waals surface area (Å²) >= 11 is 0. The number of rotatable bonds is 7. The Morgan fingerprint density at radius 3 is 2.09 bits per heavy atom. The van der Waals surface area contributed by atoms with Crippen molar-refractivity contribution in [2.75, 3.05) is 0 Å². The zero-order valence-corrected chi connectivity index (χ0v) is 13.5. The normalized spacial score (nSPS) is 10.5. The van der Waals surface area contributed by atoms with Crippen molar-refractivity contribution in [3.63, 3.8) is 0 Å². The van der Waals surface area contributed by atoms with Gasteiger partial charge in [-0.05, 0) is 54.7 Å². The molecule has 116 valence electrons. The molecule has 0 unspecified atom stereocenters. The van der Waals surface area contributed by atoms with Gasteiger partial charge in [0, 0.05) is 0 Å². The number of esters is 1. The van der Waals surface area contributed by atoms with E-state index in [0.717, 1.165) is 12.8 Å². The number of benzene rings is 2. The molecule has 0 aliphatic rings. The van der Waals surface area contributed by atoms with Gasteiger partial charge in [-0.15, -0.1) is 0 Å². The maximum absolute atomic E-state index is 12.1. The number of carbonyl (C=O) groups excluding carboxylic acids is 1. The molecular weight excluding hydrogens is 272 g/mol. The fourth-order valence-corrected chi connectivity index (χ4v) is 2.35. The van der Waals surface area contributed by atoms with E-state index in [-0.39, 0.29) is 5.97 Å². The van der Waals surface area contributed by atoms with Gasteiger partial charge in [-0.25, -0.2) is 4.79 Å². The molecule has 0 spiro atoms. The molecule has 0 saturated heterocycles. The molecule has 0 aliphatic carbocycles. The summed E-state index contributed by atoms with van der Waals surface area (Å²) in [5.41, 5.74) is 3.10. The Morgan fingerprint density at radius 1 is 0.864 bits per heavy atom. The maximum Gasteiger partial charge on any atom is 0.343 e. The molecule has 0 fully saturated rings. The second kappa shape index (κ2) is 8.38. The van der Waals surface area contributed by atoms with Gasteiger partial charge < -0.3 is 4.74 Å². The SMILES string of the molecule is CCCCCc1ccc(C(=O)Oc2ccc(CC)cc2)cc1. The average molecular weight is 296 g/mol. The zero-order chi connectivity index (χ0) is 15.8. The Labute approximate surface area is 133 Å². The number of ether oxygens (including phenoxy) is 1. The van der Waals surface area contributed by atoms with Crippen molar-refractivity contribution in [2.24, 2.45) is 0 Å². The predicted octanol–water partition coefficient (Wildman–Crippen LogP) is 5.20. The van der Waals surface area contributed by atoms with E-state index in [1.54, 1.807) is 0 Å². The molecule has 22 heavy (non-hydrogen) atoms. The minimum absolute atomic E-state index is 0.302. The van der Waals surface area contributed by atoms with Gasteiger partial charge in [0.2, 0.25) is 0 Å². The van der Waals surface area contributed by atoms with E-state index in [1.807, 2.05) is 48.5 Å². The fourth-order valence-electron chi connectivity index (χ4n) is 2.35. The lowest BCUT2D eigenvalue weighted by Crippen LogP contribution is -2.08. The number of hydrogen-bond acceptors (Lipinski definition) is 2. The summed E-state index contributed by atoms with van der Waals surface area (Å²) in [6, 6.07) is 15.4. The van der Waals surface area contributed by atoms with E-state index >= 15 is 0 Å². The first-order valence-corrected chi connectivity index (χ1v) is 8.13. The molecule has 2 aromatic carbocycles. The lowest BCUT2D eigenvalue weighted by molar-refractivity contribution is 0.0734. The third-order valence-corrected chi connectivity index (χ3v) is 3.80. The van der Waals surface area contributed by atoms with Gasteiger partial charge in [-0.2, -0.15) is 0 Å². The smallest absolute Gasteiger partial charge is 0.343 e. The highest BCUT2D eigenvalue weighted by Crippen LogP contribution is 2.15. The van der Waals surface area contributed by atoms with Gasteiger partial charge in [0.15, 0.2) is 0 Å². The van der Waals surface area contributed by atoms with Crippen molar-refractivity contribution >= 4 is 5.97 Å². The zero-order valence-electron chi connectivity index (χ0n) is 13.5. The van der Waals surface area contributed by atoms with E-state index in [9.17, 15) is 4.79 Å². The lowest BCUT2D eigenvalue weighted by Gasteiger charge is -2.06. The minimum atomic E-state index is -0.302. The van der Waals surface area contributed by atoms with Crippen molar-refractivity contribution in [1.82, 2.24) is 0 Å². The molecular formula is C20H24O2. The Morgan fingerprint density at radius 2 is 1.50 bits per heavy atom. The van der Waals surface area contributed by atoms with Crippen LogP contribution in [0.25, 0.3) is 0 Å². The quantitative estimate of drug-likeness (QED) is 0.399. The summed E-state index contributed by atoms with van der Waals surface area (Å²) in [6.45, 7) is 4.30. The third-order valence-electron chi connectivity index (χ3n) is 3.80. The molecule has 0 aliphatic heterocycles. The first-order valence-electron chi connectivity index (χ1n) is 8.13. The number of carbonyl (C=O) groups is 1. The molecule has 0 atom stereocenters. The number of aryl methyl sites for hydroxylation is 2. The summed E-state index contributed by atoms with van der Waals surface area (Å²) in [5.74, 6) is 0.290. The van der Waals surface area contributed by atoms with Crippen LogP contribution >= 0.6 is 0 Å². The highest BCUT2D eigenvalue weighted by molar-refractivity contribution is 5.91. The molecule has 0 bridgehead atoms. The summed E-state index contributed by atoms with van der Waals surface area (Å²) < 4.78 is 5.40. The Hall–Kier alpha value is -2.09. The van der Waals surface area contributed by atoms with Crippen LogP contribution in [-0.2, 0) is 12.8 Å².